The van der Waals surface area contributed by atoms with E-state index in [2.05, 4.69) is 14.7 Å². The summed E-state index contributed by atoms with van der Waals surface area (Å²) < 4.78 is 18.5. The second-order valence-electron chi connectivity index (χ2n) is 7.27. The molecule has 3 aliphatic heterocycles. The van der Waals surface area contributed by atoms with Gasteiger partial charge < -0.3 is 9.64 Å². The van der Waals surface area contributed by atoms with Crippen molar-refractivity contribution in [1.29, 1.82) is 0 Å². The van der Waals surface area contributed by atoms with Crippen LogP contribution in [0.1, 0.15) is 18.4 Å². The van der Waals surface area contributed by atoms with Gasteiger partial charge in [0.05, 0.1) is 13.2 Å². The average molecular weight is 347 g/mol. The summed E-state index contributed by atoms with van der Waals surface area (Å²) >= 11 is 0. The highest BCUT2D eigenvalue weighted by Gasteiger charge is 2.46. The number of carbonyl (C=O) groups is 1. The number of ether oxygens (including phenoxy) is 1. The van der Waals surface area contributed by atoms with Crippen LogP contribution in [0.3, 0.4) is 0 Å². The zero-order valence-corrected chi connectivity index (χ0v) is 14.6. The van der Waals surface area contributed by atoms with Crippen LogP contribution in [0.4, 0.5) is 4.39 Å². The van der Waals surface area contributed by atoms with Crippen molar-refractivity contribution in [3.8, 4) is 0 Å². The van der Waals surface area contributed by atoms with Crippen molar-refractivity contribution in [2.75, 3.05) is 45.9 Å². The van der Waals surface area contributed by atoms with Crippen molar-refractivity contribution in [3.63, 3.8) is 0 Å². The Kier molecular flexibility index (Phi) is 5.01. The predicted octanol–water partition coefficient (Wildman–Crippen LogP) is 1.33. The van der Waals surface area contributed by atoms with Crippen LogP contribution in [0, 0.1) is 5.82 Å². The minimum atomic E-state index is -0.201. The van der Waals surface area contributed by atoms with E-state index < -0.39 is 0 Å². The highest BCUT2D eigenvalue weighted by molar-refractivity contribution is 5.80. The van der Waals surface area contributed by atoms with E-state index in [1.54, 1.807) is 0 Å². The lowest BCUT2D eigenvalue weighted by Crippen LogP contribution is -2.44. The van der Waals surface area contributed by atoms with Gasteiger partial charge in [-0.3, -0.25) is 14.6 Å². The third kappa shape index (κ3) is 3.71. The van der Waals surface area contributed by atoms with Gasteiger partial charge in [-0.25, -0.2) is 4.39 Å². The normalized spacial score (nSPS) is 27.9. The molecule has 0 radical (unpaired) electrons. The number of halogens is 1. The Hall–Kier alpha value is -1.50. The molecular formula is C19H26FN3O2. The van der Waals surface area contributed by atoms with Gasteiger partial charge in [0.25, 0.3) is 0 Å². The van der Waals surface area contributed by atoms with E-state index in [1.807, 2.05) is 12.1 Å². The molecule has 0 aromatic heterocycles. The van der Waals surface area contributed by atoms with Gasteiger partial charge in [0.1, 0.15) is 5.82 Å². The fourth-order valence-corrected chi connectivity index (χ4v) is 4.39. The maximum Gasteiger partial charge on any atom is 0.224 e. The first-order chi connectivity index (χ1) is 12.2. The fourth-order valence-electron chi connectivity index (χ4n) is 4.39. The lowest BCUT2D eigenvalue weighted by molar-refractivity contribution is -0.129. The van der Waals surface area contributed by atoms with Gasteiger partial charge in [-0.1, -0.05) is 12.1 Å². The minimum Gasteiger partial charge on any atom is -0.379 e. The first-order valence-corrected chi connectivity index (χ1v) is 9.29. The SMILES string of the molecule is O=C1CC2C(CCN2Cc2ccc(F)cc2)N1CCN1CCOCC1. The molecule has 1 amide bonds. The Morgan fingerprint density at radius 1 is 1.04 bits per heavy atom. The van der Waals surface area contributed by atoms with E-state index >= 15 is 0 Å². The van der Waals surface area contributed by atoms with E-state index in [9.17, 15) is 9.18 Å². The number of nitrogens with zero attached hydrogens (tertiary/aromatic N) is 3. The number of carbonyl (C=O) groups excluding carboxylic acids is 1. The zero-order valence-electron chi connectivity index (χ0n) is 14.6. The Balaban J connectivity index is 1.34. The quantitative estimate of drug-likeness (QED) is 0.805. The number of likely N-dealkylation sites (tertiary alicyclic amines) is 2. The standard InChI is InChI=1S/C19H26FN3O2/c20-16-3-1-15(2-4-16)14-22-6-5-17-18(22)13-19(24)23(17)8-7-21-9-11-25-12-10-21/h1-4,17-18H,5-14H2. The molecule has 1 aromatic rings. The largest absolute Gasteiger partial charge is 0.379 e. The Morgan fingerprint density at radius 3 is 2.56 bits per heavy atom. The predicted molar refractivity (Wildman–Crippen MR) is 92.6 cm³/mol. The molecule has 136 valence electrons. The lowest BCUT2D eigenvalue weighted by atomic mass is 10.1. The minimum absolute atomic E-state index is 0.201. The zero-order chi connectivity index (χ0) is 17.2. The maximum atomic E-state index is 13.1. The molecule has 6 heteroatoms. The summed E-state index contributed by atoms with van der Waals surface area (Å²) in [7, 11) is 0. The van der Waals surface area contributed by atoms with Gasteiger partial charge in [-0.05, 0) is 24.1 Å². The molecule has 0 N–H and O–H groups in total. The van der Waals surface area contributed by atoms with Crippen molar-refractivity contribution in [3.05, 3.63) is 35.6 Å². The summed E-state index contributed by atoms with van der Waals surface area (Å²) in [4.78, 5) is 19.4. The number of benzene rings is 1. The monoisotopic (exact) mass is 347 g/mol. The third-order valence-electron chi connectivity index (χ3n) is 5.79. The molecule has 0 aliphatic carbocycles. The molecule has 3 aliphatic rings. The smallest absolute Gasteiger partial charge is 0.224 e. The van der Waals surface area contributed by atoms with Crippen LogP contribution in [0.5, 0.6) is 0 Å². The second kappa shape index (κ2) is 7.40. The van der Waals surface area contributed by atoms with Crippen LogP contribution < -0.4 is 0 Å². The van der Waals surface area contributed by atoms with Crippen LogP contribution in [0.15, 0.2) is 24.3 Å². The molecule has 25 heavy (non-hydrogen) atoms. The third-order valence-corrected chi connectivity index (χ3v) is 5.79. The second-order valence-corrected chi connectivity index (χ2v) is 7.27. The van der Waals surface area contributed by atoms with E-state index in [0.29, 0.717) is 18.5 Å². The van der Waals surface area contributed by atoms with E-state index in [0.717, 1.165) is 64.5 Å². The Morgan fingerprint density at radius 2 is 1.80 bits per heavy atom. The Bertz CT molecular complexity index is 603. The summed E-state index contributed by atoms with van der Waals surface area (Å²) in [6.07, 6.45) is 1.66. The molecule has 0 saturated carbocycles. The molecule has 1 aromatic carbocycles. The van der Waals surface area contributed by atoms with Crippen LogP contribution in [-0.2, 0) is 16.1 Å². The maximum absolute atomic E-state index is 13.1. The van der Waals surface area contributed by atoms with Gasteiger partial charge in [-0.15, -0.1) is 0 Å². The number of hydrogen-bond donors (Lipinski definition) is 0. The van der Waals surface area contributed by atoms with Crippen molar-refractivity contribution in [1.82, 2.24) is 14.7 Å². The lowest BCUT2D eigenvalue weighted by Gasteiger charge is -2.30. The topological polar surface area (TPSA) is 36.0 Å². The molecule has 0 spiro atoms. The molecule has 3 heterocycles. The summed E-state index contributed by atoms with van der Waals surface area (Å²) in [5.41, 5.74) is 1.11. The van der Waals surface area contributed by atoms with Gasteiger partial charge >= 0.3 is 0 Å². The first-order valence-electron chi connectivity index (χ1n) is 9.29. The van der Waals surface area contributed by atoms with Crippen molar-refractivity contribution < 1.29 is 13.9 Å². The van der Waals surface area contributed by atoms with Gasteiger partial charge in [-0.2, -0.15) is 0 Å². The average Bonchev–Trinajstić information content (AvgIpc) is 3.15. The fraction of sp³-hybridized carbons (Fsp3) is 0.632. The van der Waals surface area contributed by atoms with E-state index in [-0.39, 0.29) is 11.7 Å². The van der Waals surface area contributed by atoms with Crippen molar-refractivity contribution in [2.45, 2.75) is 31.5 Å². The molecule has 4 rings (SSSR count). The van der Waals surface area contributed by atoms with Crippen LogP contribution in [-0.4, -0.2) is 78.6 Å². The highest BCUT2D eigenvalue weighted by atomic mass is 19.1. The molecular weight excluding hydrogens is 321 g/mol. The summed E-state index contributed by atoms with van der Waals surface area (Å²) in [5, 5.41) is 0. The number of amides is 1. The Labute approximate surface area is 148 Å². The van der Waals surface area contributed by atoms with E-state index in [1.165, 1.54) is 12.1 Å². The van der Waals surface area contributed by atoms with Crippen LogP contribution in [0.25, 0.3) is 0 Å². The molecule has 2 atom stereocenters. The highest BCUT2D eigenvalue weighted by Crippen LogP contribution is 2.33. The number of hydrogen-bond acceptors (Lipinski definition) is 4. The van der Waals surface area contributed by atoms with Gasteiger partial charge in [0.2, 0.25) is 5.91 Å². The van der Waals surface area contributed by atoms with Crippen LogP contribution >= 0.6 is 0 Å². The van der Waals surface area contributed by atoms with E-state index in [4.69, 9.17) is 4.74 Å². The van der Waals surface area contributed by atoms with Gasteiger partial charge in [0.15, 0.2) is 0 Å². The number of morpholine rings is 1. The first kappa shape index (κ1) is 16.9. The van der Waals surface area contributed by atoms with Crippen molar-refractivity contribution in [2.24, 2.45) is 0 Å². The number of fused-ring (bicyclic) bond motifs is 1. The van der Waals surface area contributed by atoms with Crippen molar-refractivity contribution >= 4 is 5.91 Å². The molecule has 0 bridgehead atoms. The summed E-state index contributed by atoms with van der Waals surface area (Å²) in [6, 6.07) is 7.36. The number of rotatable bonds is 5. The molecule has 3 fully saturated rings. The molecule has 2 unspecified atom stereocenters. The summed E-state index contributed by atoms with van der Waals surface area (Å²) in [5.74, 6) is 0.0837. The van der Waals surface area contributed by atoms with Gasteiger partial charge in [0, 0.05) is 57.8 Å². The summed E-state index contributed by atoms with van der Waals surface area (Å²) in [6.45, 7) is 7.09. The molecule has 5 nitrogen and oxygen atoms in total. The molecule has 3 saturated heterocycles. The van der Waals surface area contributed by atoms with Crippen LogP contribution in [0.2, 0.25) is 0 Å².